The van der Waals surface area contributed by atoms with E-state index in [9.17, 15) is 4.79 Å². The quantitative estimate of drug-likeness (QED) is 0.771. The van der Waals surface area contributed by atoms with Crippen LogP contribution in [0.5, 0.6) is 5.75 Å². The number of benzene rings is 1. The number of Topliss-reactive ketones (excluding diaryl/α,β-unsaturated/α-hetero) is 1. The van der Waals surface area contributed by atoms with Crippen molar-refractivity contribution in [1.29, 1.82) is 0 Å². The number of carbonyl (C=O) groups is 1. The normalized spacial score (nSPS) is 23.1. The van der Waals surface area contributed by atoms with Crippen molar-refractivity contribution < 1.29 is 14.3 Å². The van der Waals surface area contributed by atoms with Crippen LogP contribution in [-0.4, -0.2) is 25.1 Å². The van der Waals surface area contributed by atoms with Gasteiger partial charge in [-0.2, -0.15) is 0 Å². The van der Waals surface area contributed by atoms with Crippen LogP contribution in [0.25, 0.3) is 0 Å². The molecule has 3 nitrogen and oxygen atoms in total. The van der Waals surface area contributed by atoms with Crippen molar-refractivity contribution in [2.24, 2.45) is 0 Å². The van der Waals surface area contributed by atoms with Gasteiger partial charge in [0.15, 0.2) is 5.78 Å². The van der Waals surface area contributed by atoms with Crippen molar-refractivity contribution in [3.8, 4) is 5.75 Å². The summed E-state index contributed by atoms with van der Waals surface area (Å²) in [7, 11) is 1.64. The molecule has 1 aromatic rings. The van der Waals surface area contributed by atoms with E-state index in [-0.39, 0.29) is 18.0 Å². The van der Waals surface area contributed by atoms with Gasteiger partial charge in [-0.25, -0.2) is 0 Å². The summed E-state index contributed by atoms with van der Waals surface area (Å²) >= 11 is 0. The zero-order valence-corrected chi connectivity index (χ0v) is 11.4. The van der Waals surface area contributed by atoms with Crippen LogP contribution in [0.2, 0.25) is 0 Å². The average Bonchev–Trinajstić information content (AvgIpc) is 2.77. The third-order valence-corrected chi connectivity index (χ3v) is 3.53. The zero-order valence-electron chi connectivity index (χ0n) is 11.4. The van der Waals surface area contributed by atoms with Crippen LogP contribution in [0.1, 0.15) is 41.3 Å². The highest BCUT2D eigenvalue weighted by Gasteiger charge is 2.29. The Labute approximate surface area is 108 Å². The Kier molecular flexibility index (Phi) is 3.71. The summed E-state index contributed by atoms with van der Waals surface area (Å²) in [6, 6.07) is 3.82. The Morgan fingerprint density at radius 3 is 2.56 bits per heavy atom. The molecule has 0 aliphatic carbocycles. The second kappa shape index (κ2) is 5.11. The molecule has 2 rings (SSSR count). The molecule has 2 atom stereocenters. The van der Waals surface area contributed by atoms with E-state index in [4.69, 9.17) is 9.47 Å². The van der Waals surface area contributed by atoms with Gasteiger partial charge in [0, 0.05) is 5.56 Å². The van der Waals surface area contributed by atoms with Crippen LogP contribution in [0, 0.1) is 13.8 Å². The molecule has 0 spiro atoms. The molecular formula is C15H20O3. The minimum Gasteiger partial charge on any atom is -0.496 e. The number of hydrogen-bond donors (Lipinski definition) is 0. The molecule has 1 aliphatic heterocycles. The fourth-order valence-corrected chi connectivity index (χ4v) is 2.44. The van der Waals surface area contributed by atoms with Crippen molar-refractivity contribution in [1.82, 2.24) is 0 Å². The summed E-state index contributed by atoms with van der Waals surface area (Å²) in [5.41, 5.74) is 2.69. The zero-order chi connectivity index (χ0) is 13.3. The summed E-state index contributed by atoms with van der Waals surface area (Å²) < 4.78 is 10.9. The fraction of sp³-hybridized carbons (Fsp3) is 0.533. The van der Waals surface area contributed by atoms with Gasteiger partial charge in [-0.1, -0.05) is 0 Å². The largest absolute Gasteiger partial charge is 0.496 e. The molecule has 0 radical (unpaired) electrons. The number of ether oxygens (including phenoxy) is 2. The number of methoxy groups -OCH3 is 1. The smallest absolute Gasteiger partial charge is 0.191 e. The Bertz CT molecular complexity index is 465. The Morgan fingerprint density at radius 1 is 1.28 bits per heavy atom. The molecule has 1 saturated heterocycles. The Hall–Kier alpha value is -1.35. The van der Waals surface area contributed by atoms with E-state index in [0.29, 0.717) is 0 Å². The van der Waals surface area contributed by atoms with Crippen molar-refractivity contribution in [3.63, 3.8) is 0 Å². The lowest BCUT2D eigenvalue weighted by Crippen LogP contribution is -2.21. The first-order chi connectivity index (χ1) is 8.52. The van der Waals surface area contributed by atoms with E-state index in [1.54, 1.807) is 7.11 Å². The highest BCUT2D eigenvalue weighted by Crippen LogP contribution is 2.27. The van der Waals surface area contributed by atoms with Crippen molar-refractivity contribution in [2.45, 2.75) is 45.8 Å². The number of aryl methyl sites for hydroxylation is 2. The third kappa shape index (κ3) is 2.41. The second-order valence-electron chi connectivity index (χ2n) is 5.01. The minimum absolute atomic E-state index is 0.0996. The van der Waals surface area contributed by atoms with Crippen LogP contribution in [-0.2, 0) is 4.74 Å². The van der Waals surface area contributed by atoms with Gasteiger partial charge >= 0.3 is 0 Å². The van der Waals surface area contributed by atoms with Crippen LogP contribution in [0.3, 0.4) is 0 Å². The summed E-state index contributed by atoms with van der Waals surface area (Å²) in [6.07, 6.45) is 1.71. The molecule has 2 unspecified atom stereocenters. The molecule has 0 aromatic heterocycles. The van der Waals surface area contributed by atoms with Gasteiger partial charge in [0.2, 0.25) is 0 Å². The maximum absolute atomic E-state index is 12.4. The standard InChI is InChI=1S/C15H20O3/c1-9-8-14(17-4)10(2)7-12(9)15(16)13-6-5-11(3)18-13/h7-8,11,13H,5-6H2,1-4H3. The van der Waals surface area contributed by atoms with Gasteiger partial charge in [0.25, 0.3) is 0 Å². The molecule has 3 heteroatoms. The molecule has 1 aliphatic rings. The third-order valence-electron chi connectivity index (χ3n) is 3.53. The first-order valence-corrected chi connectivity index (χ1v) is 6.38. The van der Waals surface area contributed by atoms with Gasteiger partial charge in [-0.15, -0.1) is 0 Å². The molecule has 18 heavy (non-hydrogen) atoms. The first kappa shape index (κ1) is 13.1. The minimum atomic E-state index is -0.272. The summed E-state index contributed by atoms with van der Waals surface area (Å²) in [5.74, 6) is 0.923. The van der Waals surface area contributed by atoms with E-state index in [1.165, 1.54) is 0 Å². The Morgan fingerprint density at radius 2 is 2.00 bits per heavy atom. The van der Waals surface area contributed by atoms with E-state index >= 15 is 0 Å². The van der Waals surface area contributed by atoms with Gasteiger partial charge in [0.1, 0.15) is 11.9 Å². The molecule has 1 fully saturated rings. The Balaban J connectivity index is 2.28. The summed E-state index contributed by atoms with van der Waals surface area (Å²) in [5, 5.41) is 0. The van der Waals surface area contributed by atoms with E-state index < -0.39 is 0 Å². The molecule has 98 valence electrons. The second-order valence-corrected chi connectivity index (χ2v) is 5.01. The number of rotatable bonds is 3. The lowest BCUT2D eigenvalue weighted by molar-refractivity contribution is 0.0432. The SMILES string of the molecule is COc1cc(C)c(C(=O)C2CCC(C)O2)cc1C. The van der Waals surface area contributed by atoms with Gasteiger partial charge < -0.3 is 9.47 Å². The summed E-state index contributed by atoms with van der Waals surface area (Å²) in [6.45, 7) is 5.90. The maximum Gasteiger partial charge on any atom is 0.191 e. The van der Waals surface area contributed by atoms with Crippen LogP contribution in [0.4, 0.5) is 0 Å². The lowest BCUT2D eigenvalue weighted by Gasteiger charge is -2.14. The molecule has 0 amide bonds. The van der Waals surface area contributed by atoms with Crippen LogP contribution in [0.15, 0.2) is 12.1 Å². The average molecular weight is 248 g/mol. The van der Waals surface area contributed by atoms with Gasteiger partial charge in [-0.3, -0.25) is 4.79 Å². The van der Waals surface area contributed by atoms with Gasteiger partial charge in [-0.05, 0) is 56.9 Å². The van der Waals surface area contributed by atoms with Crippen molar-refractivity contribution in [3.05, 3.63) is 28.8 Å². The number of ketones is 1. The predicted molar refractivity (Wildman–Crippen MR) is 70.4 cm³/mol. The fourth-order valence-electron chi connectivity index (χ4n) is 2.44. The number of carbonyl (C=O) groups excluding carboxylic acids is 1. The molecule has 1 heterocycles. The molecule has 0 saturated carbocycles. The van der Waals surface area contributed by atoms with E-state index in [2.05, 4.69) is 0 Å². The van der Waals surface area contributed by atoms with E-state index in [0.717, 1.165) is 35.3 Å². The van der Waals surface area contributed by atoms with Crippen LogP contribution >= 0.6 is 0 Å². The van der Waals surface area contributed by atoms with Crippen molar-refractivity contribution >= 4 is 5.78 Å². The highest BCUT2D eigenvalue weighted by molar-refractivity contribution is 6.01. The maximum atomic E-state index is 12.4. The molecule has 0 bridgehead atoms. The predicted octanol–water partition coefficient (Wildman–Crippen LogP) is 3.06. The first-order valence-electron chi connectivity index (χ1n) is 6.38. The lowest BCUT2D eigenvalue weighted by atomic mass is 9.97. The molecular weight excluding hydrogens is 228 g/mol. The van der Waals surface area contributed by atoms with Crippen molar-refractivity contribution in [2.75, 3.05) is 7.11 Å². The number of hydrogen-bond acceptors (Lipinski definition) is 3. The van der Waals surface area contributed by atoms with Gasteiger partial charge in [0.05, 0.1) is 13.2 Å². The highest BCUT2D eigenvalue weighted by atomic mass is 16.5. The monoisotopic (exact) mass is 248 g/mol. The molecule has 1 aromatic carbocycles. The van der Waals surface area contributed by atoms with Crippen LogP contribution < -0.4 is 4.74 Å². The van der Waals surface area contributed by atoms with E-state index in [1.807, 2.05) is 32.9 Å². The summed E-state index contributed by atoms with van der Waals surface area (Å²) in [4.78, 5) is 12.4. The topological polar surface area (TPSA) is 35.5 Å². The molecule has 0 N–H and O–H groups in total.